The van der Waals surface area contributed by atoms with Gasteiger partial charge in [-0.05, 0) is 59.2 Å². The minimum absolute atomic E-state index is 0.525. The summed E-state index contributed by atoms with van der Waals surface area (Å²) < 4.78 is 5.94. The Bertz CT molecular complexity index is 849. The highest BCUT2D eigenvalue weighted by molar-refractivity contribution is 5.44. The molecule has 0 aromatic heterocycles. The number of hydrogen-bond acceptors (Lipinski definition) is 1. The van der Waals surface area contributed by atoms with Gasteiger partial charge in [0.2, 0.25) is 0 Å². The van der Waals surface area contributed by atoms with E-state index in [9.17, 15) is 0 Å². The lowest BCUT2D eigenvalue weighted by atomic mass is 9.77. The van der Waals surface area contributed by atoms with Crippen molar-refractivity contribution in [2.45, 2.75) is 46.5 Å². The van der Waals surface area contributed by atoms with Gasteiger partial charge < -0.3 is 4.74 Å². The summed E-state index contributed by atoms with van der Waals surface area (Å²) in [6.45, 7) is 9.18. The molecule has 0 aliphatic heterocycles. The molecule has 28 heavy (non-hydrogen) atoms. The van der Waals surface area contributed by atoms with Crippen molar-refractivity contribution in [1.29, 1.82) is 0 Å². The minimum Gasteiger partial charge on any atom is -0.457 e. The molecule has 0 bridgehead atoms. The second kappa shape index (κ2) is 9.59. The first-order valence-corrected chi connectivity index (χ1v) is 10.3. The molecule has 0 N–H and O–H groups in total. The summed E-state index contributed by atoms with van der Waals surface area (Å²) in [5.74, 6) is 4.36. The van der Waals surface area contributed by atoms with Gasteiger partial charge in [0, 0.05) is 5.92 Å². The van der Waals surface area contributed by atoms with Crippen LogP contribution in [0.5, 0.6) is 11.5 Å². The fourth-order valence-corrected chi connectivity index (χ4v) is 3.59. The molecule has 0 saturated carbocycles. The zero-order valence-corrected chi connectivity index (χ0v) is 17.5. The molecule has 0 amide bonds. The maximum absolute atomic E-state index is 5.94. The fourth-order valence-electron chi connectivity index (χ4n) is 3.59. The third-order valence-corrected chi connectivity index (χ3v) is 5.43. The van der Waals surface area contributed by atoms with Crippen molar-refractivity contribution in [3.05, 3.63) is 101 Å². The Labute approximate surface area is 170 Å². The van der Waals surface area contributed by atoms with E-state index in [2.05, 4.69) is 76.2 Å². The van der Waals surface area contributed by atoms with Crippen molar-refractivity contribution in [2.24, 2.45) is 5.92 Å². The summed E-state index contributed by atoms with van der Waals surface area (Å²) in [6, 6.07) is 27.4. The number of rotatable bonds is 8. The third-order valence-electron chi connectivity index (χ3n) is 5.43. The zero-order chi connectivity index (χ0) is 19.9. The molecule has 0 fully saturated rings. The van der Waals surface area contributed by atoms with Crippen LogP contribution < -0.4 is 4.74 Å². The smallest absolute Gasteiger partial charge is 0.127 e. The van der Waals surface area contributed by atoms with Crippen molar-refractivity contribution >= 4 is 0 Å². The van der Waals surface area contributed by atoms with E-state index >= 15 is 0 Å². The Morgan fingerprint density at radius 2 is 1.36 bits per heavy atom. The molecule has 3 aromatic rings. The monoisotopic (exact) mass is 371 g/mol. The molecule has 1 radical (unpaired) electrons. The van der Waals surface area contributed by atoms with E-state index in [0.717, 1.165) is 24.3 Å². The van der Waals surface area contributed by atoms with E-state index in [-0.39, 0.29) is 0 Å². The minimum atomic E-state index is 0.525. The number of para-hydroxylation sites is 1. The maximum atomic E-state index is 5.94. The fraction of sp³-hybridized carbons (Fsp3) is 0.296. The van der Waals surface area contributed by atoms with E-state index in [1.54, 1.807) is 0 Å². The van der Waals surface area contributed by atoms with Crippen LogP contribution in [0, 0.1) is 11.8 Å². The molecule has 3 aromatic carbocycles. The number of hydrogen-bond donors (Lipinski definition) is 0. The van der Waals surface area contributed by atoms with Crippen molar-refractivity contribution in [3.63, 3.8) is 0 Å². The maximum Gasteiger partial charge on any atom is 0.127 e. The normalized spacial score (nSPS) is 12.4. The van der Waals surface area contributed by atoms with Crippen molar-refractivity contribution < 1.29 is 4.74 Å². The first-order valence-electron chi connectivity index (χ1n) is 10.3. The molecular weight excluding hydrogens is 340 g/mol. The quantitative estimate of drug-likeness (QED) is 0.392. The Kier molecular flexibility index (Phi) is 6.92. The first-order chi connectivity index (χ1) is 13.6. The Hall–Kier alpha value is -2.54. The van der Waals surface area contributed by atoms with E-state index in [4.69, 9.17) is 4.74 Å². The van der Waals surface area contributed by atoms with Gasteiger partial charge in [0.05, 0.1) is 0 Å². The predicted octanol–water partition coefficient (Wildman–Crippen LogP) is 7.81. The molecule has 1 heteroatoms. The molecular formula is C27H31O. The topological polar surface area (TPSA) is 9.23 Å². The van der Waals surface area contributed by atoms with Gasteiger partial charge in [-0.2, -0.15) is 0 Å². The highest BCUT2D eigenvalue weighted by Crippen LogP contribution is 2.35. The average Bonchev–Trinajstić information content (AvgIpc) is 2.73. The second-order valence-electron chi connectivity index (χ2n) is 7.81. The van der Waals surface area contributed by atoms with Crippen LogP contribution in [0.2, 0.25) is 0 Å². The van der Waals surface area contributed by atoms with Crippen LogP contribution in [0.4, 0.5) is 0 Å². The molecule has 0 spiro atoms. The highest BCUT2D eigenvalue weighted by atomic mass is 16.5. The summed E-state index contributed by atoms with van der Waals surface area (Å²) in [6.07, 6.45) is 2.13. The highest BCUT2D eigenvalue weighted by Gasteiger charge is 2.22. The van der Waals surface area contributed by atoms with Crippen LogP contribution in [0.1, 0.15) is 56.7 Å². The van der Waals surface area contributed by atoms with Gasteiger partial charge in [-0.1, -0.05) is 88.7 Å². The second-order valence-corrected chi connectivity index (χ2v) is 7.81. The third kappa shape index (κ3) is 5.04. The zero-order valence-electron chi connectivity index (χ0n) is 17.5. The van der Waals surface area contributed by atoms with Crippen LogP contribution in [-0.4, -0.2) is 0 Å². The summed E-state index contributed by atoms with van der Waals surface area (Å²) >= 11 is 0. The SMILES string of the molecule is CCC(C)[C](Cc1ccc(Oc2ccccc2)cc1)c1ccccc1C(C)C. The molecule has 0 saturated heterocycles. The van der Waals surface area contributed by atoms with E-state index in [1.165, 1.54) is 22.6 Å². The van der Waals surface area contributed by atoms with Crippen LogP contribution >= 0.6 is 0 Å². The van der Waals surface area contributed by atoms with Gasteiger partial charge in [-0.25, -0.2) is 0 Å². The van der Waals surface area contributed by atoms with Crippen LogP contribution in [-0.2, 0) is 6.42 Å². The lowest BCUT2D eigenvalue weighted by Gasteiger charge is -2.26. The molecule has 0 heterocycles. The lowest BCUT2D eigenvalue weighted by Crippen LogP contribution is -2.16. The van der Waals surface area contributed by atoms with Gasteiger partial charge >= 0.3 is 0 Å². The van der Waals surface area contributed by atoms with E-state index < -0.39 is 0 Å². The summed E-state index contributed by atoms with van der Waals surface area (Å²) in [7, 11) is 0. The Morgan fingerprint density at radius 1 is 0.750 bits per heavy atom. The largest absolute Gasteiger partial charge is 0.457 e. The average molecular weight is 372 g/mol. The Balaban J connectivity index is 1.80. The number of benzene rings is 3. The predicted molar refractivity (Wildman–Crippen MR) is 119 cm³/mol. The van der Waals surface area contributed by atoms with E-state index in [1.807, 2.05) is 30.3 Å². The molecule has 0 aliphatic carbocycles. The van der Waals surface area contributed by atoms with E-state index in [0.29, 0.717) is 11.8 Å². The molecule has 0 aliphatic rings. The molecule has 1 atom stereocenters. The molecule has 1 nitrogen and oxygen atoms in total. The van der Waals surface area contributed by atoms with Gasteiger partial charge in [-0.15, -0.1) is 0 Å². The van der Waals surface area contributed by atoms with Crippen molar-refractivity contribution in [1.82, 2.24) is 0 Å². The lowest BCUT2D eigenvalue weighted by molar-refractivity contribution is 0.482. The van der Waals surface area contributed by atoms with Crippen LogP contribution in [0.15, 0.2) is 78.9 Å². The standard InChI is InChI=1S/C27H31O/c1-5-21(4)27(26-14-10-9-13-25(26)20(2)3)19-22-15-17-24(18-16-22)28-23-11-7-6-8-12-23/h6-18,20-21H,5,19H2,1-4H3. The first kappa shape index (κ1) is 20.2. The molecule has 1 unspecified atom stereocenters. The molecule has 145 valence electrons. The molecule has 3 rings (SSSR count). The number of ether oxygens (including phenoxy) is 1. The summed E-state index contributed by atoms with van der Waals surface area (Å²) in [5.41, 5.74) is 4.20. The van der Waals surface area contributed by atoms with Crippen molar-refractivity contribution in [2.75, 3.05) is 0 Å². The van der Waals surface area contributed by atoms with Gasteiger partial charge in [0.1, 0.15) is 11.5 Å². The van der Waals surface area contributed by atoms with Gasteiger partial charge in [0.25, 0.3) is 0 Å². The van der Waals surface area contributed by atoms with Gasteiger partial charge in [0.15, 0.2) is 0 Å². The Morgan fingerprint density at radius 3 is 2.00 bits per heavy atom. The van der Waals surface area contributed by atoms with Crippen LogP contribution in [0.3, 0.4) is 0 Å². The summed E-state index contributed by atoms with van der Waals surface area (Å²) in [4.78, 5) is 0. The van der Waals surface area contributed by atoms with Crippen LogP contribution in [0.25, 0.3) is 0 Å². The van der Waals surface area contributed by atoms with Gasteiger partial charge in [-0.3, -0.25) is 0 Å². The summed E-state index contributed by atoms with van der Waals surface area (Å²) in [5, 5.41) is 0. The van der Waals surface area contributed by atoms with Crippen molar-refractivity contribution in [3.8, 4) is 11.5 Å².